The molecular formula is C17H18BrN3O2S. The van der Waals surface area contributed by atoms with Crippen LogP contribution in [0.15, 0.2) is 28.1 Å². The van der Waals surface area contributed by atoms with Gasteiger partial charge in [0.15, 0.2) is 0 Å². The summed E-state index contributed by atoms with van der Waals surface area (Å²) < 4.78 is 3.19. The number of nitrogens with zero attached hydrogens (tertiary/aromatic N) is 1. The average molecular weight is 408 g/mol. The van der Waals surface area contributed by atoms with Crippen molar-refractivity contribution in [2.75, 3.05) is 0 Å². The number of halogens is 1. The molecule has 0 saturated heterocycles. The Kier molecular flexibility index (Phi) is 4.91. The van der Waals surface area contributed by atoms with E-state index in [1.54, 1.807) is 18.2 Å². The molecule has 0 spiro atoms. The molecule has 126 valence electrons. The number of nitrogens with one attached hydrogen (secondary N) is 2. The van der Waals surface area contributed by atoms with E-state index >= 15 is 0 Å². The fourth-order valence-electron chi connectivity index (χ4n) is 2.69. The van der Waals surface area contributed by atoms with Crippen molar-refractivity contribution in [1.82, 2.24) is 15.4 Å². The van der Waals surface area contributed by atoms with Gasteiger partial charge in [-0.2, -0.15) is 0 Å². The minimum Gasteiger partial charge on any atom is -0.346 e. The molecular weight excluding hydrogens is 390 g/mol. The lowest BCUT2D eigenvalue weighted by molar-refractivity contribution is -0.117. The zero-order valence-corrected chi connectivity index (χ0v) is 15.8. The monoisotopic (exact) mass is 407 g/mol. The number of hydrogen-bond donors (Lipinski definition) is 2. The van der Waals surface area contributed by atoms with Crippen molar-refractivity contribution in [1.29, 1.82) is 0 Å². The zero-order valence-electron chi connectivity index (χ0n) is 13.4. The van der Waals surface area contributed by atoms with Gasteiger partial charge in [-0.05, 0) is 72.5 Å². The third-order valence-corrected chi connectivity index (χ3v) is 5.57. The first kappa shape index (κ1) is 17.0. The molecule has 7 heteroatoms. The number of aromatic nitrogens is 1. The Hall–Kier alpha value is -1.86. The lowest BCUT2D eigenvalue weighted by Gasteiger charge is -2.06. The second-order valence-corrected chi connectivity index (χ2v) is 8.27. The van der Waals surface area contributed by atoms with E-state index in [1.165, 1.54) is 41.6 Å². The maximum Gasteiger partial charge on any atom is 0.279 e. The highest BCUT2D eigenvalue weighted by Gasteiger charge is 2.26. The molecule has 0 atom stereocenters. The first-order valence-electron chi connectivity index (χ1n) is 7.68. The molecule has 0 radical (unpaired) electrons. The Bertz CT molecular complexity index is 818. The number of hydrogen-bond acceptors (Lipinski definition) is 3. The number of aryl methyl sites for hydroxylation is 1. The van der Waals surface area contributed by atoms with Crippen LogP contribution >= 0.6 is 27.3 Å². The summed E-state index contributed by atoms with van der Waals surface area (Å²) in [6, 6.07) is 6.18. The summed E-state index contributed by atoms with van der Waals surface area (Å²) >= 11 is 4.60. The van der Waals surface area contributed by atoms with E-state index in [4.69, 9.17) is 0 Å². The predicted molar refractivity (Wildman–Crippen MR) is 98.8 cm³/mol. The Morgan fingerprint density at radius 3 is 2.67 bits per heavy atom. The maximum absolute atomic E-state index is 11.9. The third kappa shape index (κ3) is 3.79. The van der Waals surface area contributed by atoms with Crippen LogP contribution in [0.25, 0.3) is 6.08 Å². The van der Waals surface area contributed by atoms with Gasteiger partial charge in [-0.25, -0.2) is 0 Å². The first-order valence-corrected chi connectivity index (χ1v) is 9.29. The first-order chi connectivity index (χ1) is 11.5. The zero-order chi connectivity index (χ0) is 17.3. The summed E-state index contributed by atoms with van der Waals surface area (Å²) in [4.78, 5) is 24.3. The number of amides is 2. The van der Waals surface area contributed by atoms with Crippen LogP contribution in [0.4, 0.5) is 0 Å². The topological polar surface area (TPSA) is 63.1 Å². The standard InChI is InChI=1S/C17H18BrN3O2S/c1-10-9-12(11(2)21(10)13-4-5-13)3-8-16(22)19-20-17(23)14-6-7-15(18)24-14/h3,6-9,13H,4-5H2,1-2H3,(H,19,22)(H,20,23)/b8-3+. The fraction of sp³-hybridized carbons (Fsp3) is 0.294. The Balaban J connectivity index is 1.58. The SMILES string of the molecule is Cc1cc(/C=C/C(=O)NNC(=O)c2ccc(Br)s2)c(C)n1C1CC1. The highest BCUT2D eigenvalue weighted by atomic mass is 79.9. The van der Waals surface area contributed by atoms with E-state index in [0.717, 1.165) is 9.35 Å². The molecule has 5 nitrogen and oxygen atoms in total. The van der Waals surface area contributed by atoms with Crippen LogP contribution in [0.5, 0.6) is 0 Å². The van der Waals surface area contributed by atoms with Gasteiger partial charge in [0.05, 0.1) is 8.66 Å². The van der Waals surface area contributed by atoms with Gasteiger partial charge in [-0.1, -0.05) is 0 Å². The summed E-state index contributed by atoms with van der Waals surface area (Å²) in [7, 11) is 0. The minimum absolute atomic E-state index is 0.334. The quantitative estimate of drug-likeness (QED) is 0.598. The van der Waals surface area contributed by atoms with Gasteiger partial charge < -0.3 is 4.57 Å². The molecule has 2 N–H and O–H groups in total. The Morgan fingerprint density at radius 1 is 1.29 bits per heavy atom. The number of carbonyl (C=O) groups is 2. The molecule has 3 rings (SSSR count). The Morgan fingerprint density at radius 2 is 2.04 bits per heavy atom. The molecule has 2 aromatic heterocycles. The van der Waals surface area contributed by atoms with Gasteiger partial charge >= 0.3 is 0 Å². The van der Waals surface area contributed by atoms with Crippen molar-refractivity contribution < 1.29 is 9.59 Å². The smallest absolute Gasteiger partial charge is 0.279 e. The summed E-state index contributed by atoms with van der Waals surface area (Å²) in [6.45, 7) is 4.15. The lowest BCUT2D eigenvalue weighted by atomic mass is 10.2. The second kappa shape index (κ2) is 6.94. The van der Waals surface area contributed by atoms with Gasteiger partial charge in [-0.15, -0.1) is 11.3 Å². The summed E-state index contributed by atoms with van der Waals surface area (Å²) in [6.07, 6.45) is 5.67. The summed E-state index contributed by atoms with van der Waals surface area (Å²) in [5.41, 5.74) is 8.22. The Labute approximate surface area is 152 Å². The highest BCUT2D eigenvalue weighted by molar-refractivity contribution is 9.11. The van der Waals surface area contributed by atoms with Crippen LogP contribution in [0, 0.1) is 13.8 Å². The highest BCUT2D eigenvalue weighted by Crippen LogP contribution is 2.38. The largest absolute Gasteiger partial charge is 0.346 e. The molecule has 2 heterocycles. The molecule has 24 heavy (non-hydrogen) atoms. The van der Waals surface area contributed by atoms with Crippen molar-refractivity contribution in [2.45, 2.75) is 32.7 Å². The number of thiophene rings is 1. The third-order valence-electron chi connectivity index (χ3n) is 3.95. The van der Waals surface area contributed by atoms with E-state index in [9.17, 15) is 9.59 Å². The van der Waals surface area contributed by atoms with Crippen LogP contribution in [0.1, 0.15) is 45.5 Å². The summed E-state index contributed by atoms with van der Waals surface area (Å²) in [5.74, 6) is -0.699. The molecule has 0 aliphatic heterocycles. The molecule has 2 amide bonds. The van der Waals surface area contributed by atoms with E-state index in [1.807, 2.05) is 0 Å². The van der Waals surface area contributed by atoms with Crippen molar-refractivity contribution in [3.05, 3.63) is 49.9 Å². The van der Waals surface area contributed by atoms with Crippen LogP contribution in [-0.2, 0) is 4.79 Å². The predicted octanol–water partition coefficient (Wildman–Crippen LogP) is 3.74. The molecule has 0 aromatic carbocycles. The van der Waals surface area contributed by atoms with Crippen LogP contribution in [0.3, 0.4) is 0 Å². The summed E-state index contributed by atoms with van der Waals surface area (Å²) in [5, 5.41) is 0. The normalized spacial score (nSPS) is 14.1. The van der Waals surface area contributed by atoms with Gasteiger partial charge in [-0.3, -0.25) is 20.4 Å². The number of hydrazine groups is 1. The van der Waals surface area contributed by atoms with E-state index in [-0.39, 0.29) is 11.8 Å². The van der Waals surface area contributed by atoms with E-state index < -0.39 is 0 Å². The molecule has 0 unspecified atom stereocenters. The molecule has 0 bridgehead atoms. The minimum atomic E-state index is -0.366. The van der Waals surface area contributed by atoms with Crippen molar-refractivity contribution >= 4 is 45.2 Å². The maximum atomic E-state index is 11.9. The van der Waals surface area contributed by atoms with Gasteiger partial charge in [0, 0.05) is 23.5 Å². The van der Waals surface area contributed by atoms with Gasteiger partial charge in [0.2, 0.25) is 0 Å². The van der Waals surface area contributed by atoms with Crippen LogP contribution < -0.4 is 10.9 Å². The number of carbonyl (C=O) groups excluding carboxylic acids is 2. The van der Waals surface area contributed by atoms with E-state index in [0.29, 0.717) is 10.9 Å². The van der Waals surface area contributed by atoms with Gasteiger partial charge in [0.25, 0.3) is 11.8 Å². The average Bonchev–Trinajstić information content (AvgIpc) is 3.21. The molecule has 1 saturated carbocycles. The molecule has 1 fully saturated rings. The molecule has 2 aromatic rings. The van der Waals surface area contributed by atoms with Crippen LogP contribution in [-0.4, -0.2) is 16.4 Å². The van der Waals surface area contributed by atoms with Gasteiger partial charge in [0.1, 0.15) is 0 Å². The second-order valence-electron chi connectivity index (χ2n) is 5.81. The molecule has 1 aliphatic rings. The van der Waals surface area contributed by atoms with Crippen molar-refractivity contribution in [2.24, 2.45) is 0 Å². The fourth-order valence-corrected chi connectivity index (χ4v) is 3.97. The van der Waals surface area contributed by atoms with Crippen LogP contribution in [0.2, 0.25) is 0 Å². The van der Waals surface area contributed by atoms with E-state index in [2.05, 4.69) is 51.3 Å². The van der Waals surface area contributed by atoms with Crippen molar-refractivity contribution in [3.8, 4) is 0 Å². The van der Waals surface area contributed by atoms with Crippen molar-refractivity contribution in [3.63, 3.8) is 0 Å². The lowest BCUT2D eigenvalue weighted by Crippen LogP contribution is -2.40. The molecule has 1 aliphatic carbocycles. The number of rotatable bonds is 4.